The van der Waals surface area contributed by atoms with Gasteiger partial charge in [0.15, 0.2) is 5.17 Å². The van der Waals surface area contributed by atoms with Gasteiger partial charge in [0.2, 0.25) is 11.8 Å². The van der Waals surface area contributed by atoms with Crippen molar-refractivity contribution in [3.05, 3.63) is 58.7 Å². The van der Waals surface area contributed by atoms with Gasteiger partial charge in [-0.2, -0.15) is 0 Å². The first-order valence-electron chi connectivity index (χ1n) is 10.3. The fraction of sp³-hybridized carbons (Fsp3) is 0.375. The molecule has 0 spiro atoms. The van der Waals surface area contributed by atoms with Gasteiger partial charge in [0.05, 0.1) is 5.69 Å². The van der Waals surface area contributed by atoms with E-state index in [9.17, 15) is 9.59 Å². The van der Waals surface area contributed by atoms with Crippen molar-refractivity contribution in [3.63, 3.8) is 0 Å². The average Bonchev–Trinajstić information content (AvgIpc) is 3.47. The van der Waals surface area contributed by atoms with Gasteiger partial charge in [-0.3, -0.25) is 14.5 Å². The van der Waals surface area contributed by atoms with E-state index in [1.54, 1.807) is 0 Å². The van der Waals surface area contributed by atoms with Gasteiger partial charge in [-0.25, -0.2) is 4.99 Å². The number of para-hydroxylation sites is 1. The summed E-state index contributed by atoms with van der Waals surface area (Å²) >= 11 is 1.42. The normalized spacial score (nSPS) is 20.1. The number of nitrogens with one attached hydrogen (secondary N) is 1. The van der Waals surface area contributed by atoms with E-state index in [2.05, 4.69) is 5.32 Å². The fourth-order valence-corrected chi connectivity index (χ4v) is 4.88. The number of aryl methyl sites for hydroxylation is 4. The number of rotatable bonds is 5. The summed E-state index contributed by atoms with van der Waals surface area (Å²) in [6.45, 7) is 8.03. The van der Waals surface area contributed by atoms with Crippen LogP contribution in [0.3, 0.4) is 0 Å². The lowest BCUT2D eigenvalue weighted by Gasteiger charge is -2.16. The Morgan fingerprint density at radius 2 is 1.80 bits per heavy atom. The highest BCUT2D eigenvalue weighted by Crippen LogP contribution is 2.40. The topological polar surface area (TPSA) is 61.8 Å². The highest BCUT2D eigenvalue weighted by Gasteiger charge is 2.46. The van der Waals surface area contributed by atoms with E-state index < -0.39 is 5.25 Å². The van der Waals surface area contributed by atoms with E-state index in [1.165, 1.54) is 11.8 Å². The third-order valence-corrected chi connectivity index (χ3v) is 6.72. The molecule has 4 rings (SSSR count). The summed E-state index contributed by atoms with van der Waals surface area (Å²) in [5, 5.41) is 3.27. The summed E-state index contributed by atoms with van der Waals surface area (Å²) in [6.07, 6.45) is 2.14. The number of hydrogen-bond acceptors (Lipinski definition) is 4. The molecular formula is C24H27N3O2S. The number of carbonyl (C=O) groups excluding carboxylic acids is 2. The van der Waals surface area contributed by atoms with Crippen molar-refractivity contribution in [2.24, 2.45) is 4.99 Å². The van der Waals surface area contributed by atoms with Crippen LogP contribution in [-0.2, 0) is 9.59 Å². The molecule has 1 saturated carbocycles. The summed E-state index contributed by atoms with van der Waals surface area (Å²) in [4.78, 5) is 32.5. The molecule has 0 bridgehead atoms. The van der Waals surface area contributed by atoms with Gasteiger partial charge in [0.25, 0.3) is 0 Å². The van der Waals surface area contributed by atoms with E-state index in [4.69, 9.17) is 4.99 Å². The molecule has 2 aliphatic rings. The molecule has 2 amide bonds. The number of carbonyl (C=O) groups is 2. The fourth-order valence-electron chi connectivity index (χ4n) is 3.68. The standard InChI is InChI=1S/C24H27N3O2S/c1-14-8-9-15(2)19(12-14)25-21(28)13-20-23(29)27(18-10-11-18)24(30-20)26-22-16(3)6-5-7-17(22)4/h5-9,12,18,20H,10-11,13H2,1-4H3,(H,25,28)/t20-/m1/s1. The van der Waals surface area contributed by atoms with E-state index in [0.717, 1.165) is 51.6 Å². The van der Waals surface area contributed by atoms with Gasteiger partial charge in [-0.1, -0.05) is 42.1 Å². The van der Waals surface area contributed by atoms with Crippen molar-refractivity contribution >= 4 is 40.1 Å². The molecule has 0 radical (unpaired) electrons. The van der Waals surface area contributed by atoms with Crippen LogP contribution in [0, 0.1) is 27.7 Å². The molecule has 0 aromatic heterocycles. The van der Waals surface area contributed by atoms with Crippen LogP contribution in [0.4, 0.5) is 11.4 Å². The molecule has 6 heteroatoms. The van der Waals surface area contributed by atoms with Gasteiger partial charge in [-0.05, 0) is 68.9 Å². The molecule has 1 heterocycles. The van der Waals surface area contributed by atoms with Crippen LogP contribution >= 0.6 is 11.8 Å². The van der Waals surface area contributed by atoms with Gasteiger partial charge in [-0.15, -0.1) is 0 Å². The number of anilines is 1. The quantitative estimate of drug-likeness (QED) is 0.735. The summed E-state index contributed by atoms with van der Waals surface area (Å²) in [6, 6.07) is 12.3. The summed E-state index contributed by atoms with van der Waals surface area (Å²) in [5.41, 5.74) is 5.99. The molecule has 1 aliphatic carbocycles. The van der Waals surface area contributed by atoms with Crippen molar-refractivity contribution in [1.29, 1.82) is 0 Å². The zero-order valence-corrected chi connectivity index (χ0v) is 18.7. The lowest BCUT2D eigenvalue weighted by atomic mass is 10.1. The smallest absolute Gasteiger partial charge is 0.242 e. The summed E-state index contributed by atoms with van der Waals surface area (Å²) in [5.74, 6) is -0.137. The molecule has 156 valence electrons. The Morgan fingerprint density at radius 3 is 2.47 bits per heavy atom. The molecule has 1 N–H and O–H groups in total. The maximum absolute atomic E-state index is 13.1. The van der Waals surface area contributed by atoms with Crippen LogP contribution in [0.2, 0.25) is 0 Å². The molecular weight excluding hydrogens is 394 g/mol. The Morgan fingerprint density at radius 1 is 1.10 bits per heavy atom. The number of nitrogens with zero attached hydrogens (tertiary/aromatic N) is 2. The third kappa shape index (κ3) is 4.29. The second-order valence-corrected chi connectivity index (χ2v) is 9.42. The molecule has 2 aromatic rings. The largest absolute Gasteiger partial charge is 0.326 e. The lowest BCUT2D eigenvalue weighted by molar-refractivity contribution is -0.128. The summed E-state index contributed by atoms with van der Waals surface area (Å²) < 4.78 is 0. The van der Waals surface area contributed by atoms with E-state index in [-0.39, 0.29) is 24.3 Å². The number of thioether (sulfide) groups is 1. The SMILES string of the molecule is Cc1ccc(C)c(NC(=O)C[C@H]2SC(=Nc3c(C)cccc3C)N(C3CC3)C2=O)c1. The first-order chi connectivity index (χ1) is 14.3. The van der Waals surface area contributed by atoms with Gasteiger partial charge in [0, 0.05) is 18.2 Å². The maximum atomic E-state index is 13.1. The minimum atomic E-state index is -0.432. The molecule has 0 unspecified atom stereocenters. The average molecular weight is 422 g/mol. The van der Waals surface area contributed by atoms with Gasteiger partial charge < -0.3 is 5.32 Å². The molecule has 1 aliphatic heterocycles. The van der Waals surface area contributed by atoms with E-state index in [1.807, 2.05) is 69.0 Å². The van der Waals surface area contributed by atoms with Crippen LogP contribution in [0.25, 0.3) is 0 Å². The second kappa shape index (κ2) is 8.26. The number of amidine groups is 1. The van der Waals surface area contributed by atoms with Crippen molar-refractivity contribution in [3.8, 4) is 0 Å². The summed E-state index contributed by atoms with van der Waals surface area (Å²) in [7, 11) is 0. The minimum Gasteiger partial charge on any atom is -0.326 e. The molecule has 5 nitrogen and oxygen atoms in total. The Bertz CT molecular complexity index is 1020. The molecule has 30 heavy (non-hydrogen) atoms. The highest BCUT2D eigenvalue weighted by atomic mass is 32.2. The van der Waals surface area contributed by atoms with Crippen LogP contribution < -0.4 is 5.32 Å². The molecule has 2 fully saturated rings. The Kier molecular flexibility index (Phi) is 5.69. The first-order valence-corrected chi connectivity index (χ1v) is 11.2. The first kappa shape index (κ1) is 20.7. The Hall–Kier alpha value is -2.60. The maximum Gasteiger partial charge on any atom is 0.242 e. The van der Waals surface area contributed by atoms with Crippen LogP contribution in [-0.4, -0.2) is 33.2 Å². The van der Waals surface area contributed by atoms with Crippen molar-refractivity contribution in [2.75, 3.05) is 5.32 Å². The minimum absolute atomic E-state index is 0.00333. The van der Waals surface area contributed by atoms with Crippen molar-refractivity contribution in [2.45, 2.75) is 58.2 Å². The number of amides is 2. The van der Waals surface area contributed by atoms with Gasteiger partial charge in [0.1, 0.15) is 5.25 Å². The highest BCUT2D eigenvalue weighted by molar-refractivity contribution is 8.15. The number of aliphatic imine (C=N–C) groups is 1. The van der Waals surface area contributed by atoms with E-state index in [0.29, 0.717) is 0 Å². The zero-order valence-electron chi connectivity index (χ0n) is 17.9. The Balaban J connectivity index is 1.54. The van der Waals surface area contributed by atoms with E-state index >= 15 is 0 Å². The lowest BCUT2D eigenvalue weighted by Crippen LogP contribution is -2.35. The molecule has 2 aromatic carbocycles. The van der Waals surface area contributed by atoms with Crippen molar-refractivity contribution < 1.29 is 9.59 Å². The predicted octanol–water partition coefficient (Wildman–Crippen LogP) is 5.04. The van der Waals surface area contributed by atoms with Gasteiger partial charge >= 0.3 is 0 Å². The van der Waals surface area contributed by atoms with Crippen LogP contribution in [0.15, 0.2) is 41.4 Å². The van der Waals surface area contributed by atoms with Crippen LogP contribution in [0.1, 0.15) is 41.5 Å². The zero-order chi connectivity index (χ0) is 21.4. The predicted molar refractivity (Wildman–Crippen MR) is 123 cm³/mol. The number of benzene rings is 2. The monoisotopic (exact) mass is 421 g/mol. The molecule has 1 saturated heterocycles. The second-order valence-electron chi connectivity index (χ2n) is 8.25. The third-order valence-electron chi connectivity index (χ3n) is 5.56. The van der Waals surface area contributed by atoms with Crippen molar-refractivity contribution in [1.82, 2.24) is 4.90 Å². The Labute approximate surface area is 182 Å². The van der Waals surface area contributed by atoms with Crippen LogP contribution in [0.5, 0.6) is 0 Å². The molecule has 1 atom stereocenters. The number of hydrogen-bond donors (Lipinski definition) is 1.